The van der Waals surface area contributed by atoms with Crippen molar-refractivity contribution in [2.45, 2.75) is 24.8 Å². The summed E-state index contributed by atoms with van der Waals surface area (Å²) in [7, 11) is 0. The van der Waals surface area contributed by atoms with Crippen LogP contribution in [0.4, 0.5) is 5.69 Å². The number of allylic oxidation sites excluding steroid dienone is 4. The fourth-order valence-corrected chi connectivity index (χ4v) is 9.11. The number of para-hydroxylation sites is 2. The van der Waals surface area contributed by atoms with Gasteiger partial charge in [0.15, 0.2) is 0 Å². The first-order chi connectivity index (χ1) is 24.8. The van der Waals surface area contributed by atoms with Crippen molar-refractivity contribution < 1.29 is 0 Å². The first kappa shape index (κ1) is 27.8. The van der Waals surface area contributed by atoms with E-state index in [1.807, 2.05) is 0 Å². The maximum atomic E-state index is 5.43. The van der Waals surface area contributed by atoms with E-state index in [2.05, 4.69) is 172 Å². The predicted molar refractivity (Wildman–Crippen MR) is 208 cm³/mol. The van der Waals surface area contributed by atoms with E-state index in [0.717, 1.165) is 35.5 Å². The Labute approximate surface area is 290 Å². The Morgan fingerprint density at radius 3 is 2.32 bits per heavy atom. The SMILES string of the molecule is C1=CC2CCc3c(c4c5ccccc5ccc4n3-c3ccc4c(c3)c3ccccc3n4C3=NC(c4ccccc4)c4ccccc4N3)C2C=C1. The van der Waals surface area contributed by atoms with Crippen LogP contribution in [-0.4, -0.2) is 15.1 Å². The number of benzene rings is 6. The summed E-state index contributed by atoms with van der Waals surface area (Å²) in [4.78, 5) is 5.43. The molecule has 0 saturated heterocycles. The number of hydrogen-bond acceptors (Lipinski definition) is 2. The molecule has 2 aliphatic carbocycles. The van der Waals surface area contributed by atoms with Gasteiger partial charge in [-0.1, -0.05) is 121 Å². The van der Waals surface area contributed by atoms with Crippen LogP contribution in [0.15, 0.2) is 163 Å². The third-order valence-corrected chi connectivity index (χ3v) is 11.3. The summed E-state index contributed by atoms with van der Waals surface area (Å²) in [6.45, 7) is 0. The zero-order valence-electron chi connectivity index (χ0n) is 27.5. The van der Waals surface area contributed by atoms with Crippen LogP contribution in [0.5, 0.6) is 0 Å². The molecule has 1 aliphatic heterocycles. The number of rotatable bonds is 2. The second-order valence-corrected chi connectivity index (χ2v) is 13.9. The Balaban J connectivity index is 1.15. The number of fused-ring (bicyclic) bond motifs is 11. The van der Waals surface area contributed by atoms with Gasteiger partial charge in [-0.05, 0) is 77.1 Å². The smallest absolute Gasteiger partial charge is 0.208 e. The van der Waals surface area contributed by atoms with Crippen LogP contribution < -0.4 is 5.32 Å². The van der Waals surface area contributed by atoms with E-state index in [9.17, 15) is 0 Å². The van der Waals surface area contributed by atoms with Gasteiger partial charge >= 0.3 is 0 Å². The molecular weight excluding hydrogens is 609 g/mol. The normalized spacial score (nSPS) is 19.4. The van der Waals surface area contributed by atoms with E-state index >= 15 is 0 Å². The monoisotopic (exact) mass is 642 g/mol. The number of anilines is 1. The molecule has 0 radical (unpaired) electrons. The van der Waals surface area contributed by atoms with Gasteiger partial charge in [0.2, 0.25) is 5.96 Å². The number of hydrogen-bond donors (Lipinski definition) is 1. The molecule has 3 unspecified atom stereocenters. The minimum atomic E-state index is -0.0979. The Kier molecular flexibility index (Phi) is 5.94. The van der Waals surface area contributed by atoms with E-state index < -0.39 is 0 Å². The van der Waals surface area contributed by atoms with Gasteiger partial charge in [0, 0.05) is 44.7 Å². The fraction of sp³-hybridized carbons (Fsp3) is 0.109. The average Bonchev–Trinajstić information content (AvgIpc) is 3.71. The maximum absolute atomic E-state index is 5.43. The topological polar surface area (TPSA) is 34.2 Å². The molecule has 3 atom stereocenters. The second kappa shape index (κ2) is 10.7. The lowest BCUT2D eigenvalue weighted by molar-refractivity contribution is 0.494. The number of nitrogens with zero attached hydrogens (tertiary/aromatic N) is 3. The summed E-state index contributed by atoms with van der Waals surface area (Å²) in [5.41, 5.74) is 11.2. The maximum Gasteiger partial charge on any atom is 0.208 e. The summed E-state index contributed by atoms with van der Waals surface area (Å²) in [6.07, 6.45) is 11.5. The van der Waals surface area contributed by atoms with Crippen LogP contribution in [0.3, 0.4) is 0 Å². The van der Waals surface area contributed by atoms with Crippen LogP contribution in [0.1, 0.15) is 40.8 Å². The summed E-state index contributed by atoms with van der Waals surface area (Å²) in [5.74, 6) is 1.77. The van der Waals surface area contributed by atoms with Gasteiger partial charge in [-0.15, -0.1) is 0 Å². The minimum Gasteiger partial charge on any atom is -0.325 e. The van der Waals surface area contributed by atoms with Crippen molar-refractivity contribution in [3.63, 3.8) is 0 Å². The first-order valence-corrected chi connectivity index (χ1v) is 17.7. The van der Waals surface area contributed by atoms with Crippen molar-refractivity contribution >= 4 is 55.1 Å². The molecule has 8 aromatic rings. The molecule has 0 fully saturated rings. The molecule has 50 heavy (non-hydrogen) atoms. The lowest BCUT2D eigenvalue weighted by Crippen LogP contribution is -2.27. The van der Waals surface area contributed by atoms with Crippen molar-refractivity contribution in [2.24, 2.45) is 10.9 Å². The fourth-order valence-electron chi connectivity index (χ4n) is 9.11. The first-order valence-electron chi connectivity index (χ1n) is 17.7. The molecule has 1 N–H and O–H groups in total. The van der Waals surface area contributed by atoms with Crippen LogP contribution >= 0.6 is 0 Å². The highest BCUT2D eigenvalue weighted by molar-refractivity contribution is 6.17. The summed E-state index contributed by atoms with van der Waals surface area (Å²) in [6, 6.07) is 48.4. The highest BCUT2D eigenvalue weighted by atomic mass is 15.2. The van der Waals surface area contributed by atoms with Crippen LogP contribution in [0, 0.1) is 5.92 Å². The van der Waals surface area contributed by atoms with Gasteiger partial charge < -0.3 is 9.88 Å². The highest BCUT2D eigenvalue weighted by Gasteiger charge is 2.34. The molecule has 0 amide bonds. The van der Waals surface area contributed by atoms with E-state index in [4.69, 9.17) is 4.99 Å². The molecule has 4 nitrogen and oxygen atoms in total. The standard InChI is InChI=1S/C46H34N4/c1-2-14-31(15-3-1)45-36-19-8-10-20-38(36)47-46(48-45)50-39-21-11-9-18-35(39)37-28-32(24-27-40(37)50)49-41-25-22-29-12-4-6-16-33(29)43(41)44-34-17-7-5-13-30(34)23-26-42(44)49/h1-22,24-25,27-28,30,34,45H,23,26H2,(H,47,48). The number of aromatic nitrogens is 2. The number of nitrogens with one attached hydrogen (secondary N) is 1. The Bertz CT molecular complexity index is 2760. The van der Waals surface area contributed by atoms with Crippen molar-refractivity contribution in [3.05, 3.63) is 180 Å². The molecule has 0 spiro atoms. The zero-order chi connectivity index (χ0) is 32.8. The summed E-state index contributed by atoms with van der Waals surface area (Å²) >= 11 is 0. The van der Waals surface area contributed by atoms with Gasteiger partial charge in [-0.2, -0.15) is 0 Å². The van der Waals surface area contributed by atoms with Gasteiger partial charge in [0.25, 0.3) is 0 Å². The molecule has 238 valence electrons. The van der Waals surface area contributed by atoms with Crippen molar-refractivity contribution in [1.82, 2.24) is 9.13 Å². The van der Waals surface area contributed by atoms with Crippen molar-refractivity contribution in [3.8, 4) is 5.69 Å². The Hall–Kier alpha value is -6.13. The van der Waals surface area contributed by atoms with E-state index in [1.165, 1.54) is 60.5 Å². The zero-order valence-corrected chi connectivity index (χ0v) is 27.5. The lowest BCUT2D eigenvalue weighted by atomic mass is 9.74. The lowest BCUT2D eigenvalue weighted by Gasteiger charge is -2.30. The van der Waals surface area contributed by atoms with E-state index in [0.29, 0.717) is 11.8 Å². The molecule has 11 rings (SSSR count). The quantitative estimate of drug-likeness (QED) is 0.200. The third-order valence-electron chi connectivity index (χ3n) is 11.3. The van der Waals surface area contributed by atoms with Gasteiger partial charge in [-0.3, -0.25) is 4.57 Å². The Morgan fingerprint density at radius 1 is 0.620 bits per heavy atom. The van der Waals surface area contributed by atoms with E-state index in [1.54, 1.807) is 0 Å². The van der Waals surface area contributed by atoms with Gasteiger partial charge in [-0.25, -0.2) is 4.99 Å². The van der Waals surface area contributed by atoms with Gasteiger partial charge in [0.05, 0.1) is 16.6 Å². The van der Waals surface area contributed by atoms with Crippen LogP contribution in [0.25, 0.3) is 49.2 Å². The molecule has 6 aromatic carbocycles. The molecule has 4 heteroatoms. The molecule has 2 aromatic heterocycles. The minimum absolute atomic E-state index is 0.0979. The average molecular weight is 643 g/mol. The highest BCUT2D eigenvalue weighted by Crippen LogP contribution is 2.48. The van der Waals surface area contributed by atoms with Gasteiger partial charge in [0.1, 0.15) is 6.04 Å². The summed E-state index contributed by atoms with van der Waals surface area (Å²) < 4.78 is 4.89. The van der Waals surface area contributed by atoms with Crippen molar-refractivity contribution in [2.75, 3.05) is 5.32 Å². The molecule has 0 saturated carbocycles. The van der Waals surface area contributed by atoms with E-state index in [-0.39, 0.29) is 6.04 Å². The molecule has 3 aliphatic rings. The molecule has 3 heterocycles. The third kappa shape index (κ3) is 3.96. The van der Waals surface area contributed by atoms with Crippen molar-refractivity contribution in [1.29, 1.82) is 0 Å². The summed E-state index contributed by atoms with van der Waals surface area (Å²) in [5, 5.41) is 10.2. The van der Waals surface area contributed by atoms with Crippen LogP contribution in [0.2, 0.25) is 0 Å². The largest absolute Gasteiger partial charge is 0.325 e. The molecule has 0 bridgehead atoms. The predicted octanol–water partition coefficient (Wildman–Crippen LogP) is 11.1. The van der Waals surface area contributed by atoms with Crippen LogP contribution in [-0.2, 0) is 6.42 Å². The second-order valence-electron chi connectivity index (χ2n) is 13.9. The Morgan fingerprint density at radius 2 is 1.38 bits per heavy atom. The number of aliphatic imine (C=N–C) groups is 1. The molecular formula is C46H34N4.